The van der Waals surface area contributed by atoms with Crippen LogP contribution < -0.4 is 0 Å². The van der Waals surface area contributed by atoms with Crippen molar-refractivity contribution in [2.75, 3.05) is 38.7 Å². The lowest BCUT2D eigenvalue weighted by atomic mass is 9.96. The molecule has 0 aromatic carbocycles. The fraction of sp³-hybridized carbons (Fsp3) is 1.00. The quantitative estimate of drug-likeness (QED) is 0.668. The fourth-order valence-electron chi connectivity index (χ4n) is 2.56. The number of methoxy groups -OCH3 is 1. The maximum Gasteiger partial charge on any atom is 0.0491 e. The number of hydrogen-bond acceptors (Lipinski definition) is 2. The Hall–Kier alpha value is 0.400. The second kappa shape index (κ2) is 8.48. The molecule has 3 heteroatoms. The highest BCUT2D eigenvalue weighted by atomic mass is 79.9. The maximum atomic E-state index is 5.23. The highest BCUT2D eigenvalue weighted by Crippen LogP contribution is 2.20. The Morgan fingerprint density at radius 2 is 2.06 bits per heavy atom. The van der Waals surface area contributed by atoms with Gasteiger partial charge in [-0.1, -0.05) is 29.3 Å². The molecule has 1 fully saturated rings. The van der Waals surface area contributed by atoms with Crippen molar-refractivity contribution >= 4 is 15.9 Å². The van der Waals surface area contributed by atoms with Crippen LogP contribution >= 0.6 is 15.9 Å². The van der Waals surface area contributed by atoms with Crippen molar-refractivity contribution < 1.29 is 4.74 Å². The predicted octanol–water partition coefficient (Wildman–Crippen LogP) is 3.16. The number of nitrogens with zero attached hydrogens (tertiary/aromatic N) is 1. The summed E-state index contributed by atoms with van der Waals surface area (Å²) >= 11 is 3.63. The van der Waals surface area contributed by atoms with Gasteiger partial charge in [0.15, 0.2) is 0 Å². The molecule has 0 radical (unpaired) electrons. The molecule has 1 heterocycles. The molecule has 0 aromatic rings. The maximum absolute atomic E-state index is 5.23. The third-order valence-corrected chi connectivity index (χ3v) is 4.46. The van der Waals surface area contributed by atoms with E-state index in [0.29, 0.717) is 0 Å². The van der Waals surface area contributed by atoms with Gasteiger partial charge >= 0.3 is 0 Å². The van der Waals surface area contributed by atoms with Gasteiger partial charge in [0.25, 0.3) is 0 Å². The molecule has 0 N–H and O–H groups in total. The van der Waals surface area contributed by atoms with E-state index < -0.39 is 0 Å². The molecule has 0 bridgehead atoms. The van der Waals surface area contributed by atoms with Crippen molar-refractivity contribution in [2.24, 2.45) is 11.8 Å². The van der Waals surface area contributed by atoms with E-state index in [4.69, 9.17) is 4.74 Å². The minimum absolute atomic E-state index is 0.801. The Kier molecular flexibility index (Phi) is 7.67. The van der Waals surface area contributed by atoms with Gasteiger partial charge in [-0.05, 0) is 44.2 Å². The van der Waals surface area contributed by atoms with Gasteiger partial charge in [0, 0.05) is 25.6 Å². The molecular weight excluding hydrogens is 266 g/mol. The molecule has 0 aromatic heterocycles. The summed E-state index contributed by atoms with van der Waals surface area (Å²) < 4.78 is 5.23. The van der Waals surface area contributed by atoms with Gasteiger partial charge in [0.05, 0.1) is 0 Å². The Bertz CT molecular complexity index is 169. The lowest BCUT2D eigenvalue weighted by Crippen LogP contribution is -2.38. The van der Waals surface area contributed by atoms with Gasteiger partial charge in [-0.25, -0.2) is 0 Å². The number of ether oxygens (including phenoxy) is 1. The van der Waals surface area contributed by atoms with Crippen LogP contribution in [0.3, 0.4) is 0 Å². The average Bonchev–Trinajstić information content (AvgIpc) is 2.31. The second-order valence-electron chi connectivity index (χ2n) is 5.01. The third kappa shape index (κ3) is 5.15. The lowest BCUT2D eigenvalue weighted by Gasteiger charge is -2.33. The third-order valence-electron chi connectivity index (χ3n) is 3.54. The number of piperidine rings is 1. The van der Waals surface area contributed by atoms with Crippen LogP contribution in [0.1, 0.15) is 32.6 Å². The second-order valence-corrected chi connectivity index (χ2v) is 5.66. The average molecular weight is 292 g/mol. The number of rotatable bonds is 7. The molecule has 0 saturated carbocycles. The van der Waals surface area contributed by atoms with Crippen LogP contribution in [0.5, 0.6) is 0 Å². The highest BCUT2D eigenvalue weighted by molar-refractivity contribution is 9.09. The Balaban J connectivity index is 2.20. The first-order valence-electron chi connectivity index (χ1n) is 6.57. The van der Waals surface area contributed by atoms with Crippen LogP contribution in [0.2, 0.25) is 0 Å². The molecule has 0 amide bonds. The first kappa shape index (κ1) is 14.5. The standard InChI is InChI=1S/C13H26BrNO/c1-3-4-13(9-14)10-15-7-5-12(6-8-15)11-16-2/h12-13H,3-11H2,1-2H3. The molecule has 0 aliphatic carbocycles. The van der Waals surface area contributed by atoms with Crippen LogP contribution in [0.4, 0.5) is 0 Å². The normalized spacial score (nSPS) is 21.2. The van der Waals surface area contributed by atoms with Gasteiger partial charge in [-0.15, -0.1) is 0 Å². The van der Waals surface area contributed by atoms with E-state index in [1.54, 1.807) is 0 Å². The largest absolute Gasteiger partial charge is 0.384 e. The van der Waals surface area contributed by atoms with E-state index in [1.165, 1.54) is 45.3 Å². The Morgan fingerprint density at radius 3 is 2.56 bits per heavy atom. The lowest BCUT2D eigenvalue weighted by molar-refractivity contribution is 0.0934. The van der Waals surface area contributed by atoms with Crippen LogP contribution in [0, 0.1) is 11.8 Å². The van der Waals surface area contributed by atoms with Gasteiger partial charge in [0.2, 0.25) is 0 Å². The zero-order chi connectivity index (χ0) is 11.8. The molecule has 2 nitrogen and oxygen atoms in total. The number of alkyl halides is 1. The number of halogens is 1. The summed E-state index contributed by atoms with van der Waals surface area (Å²) in [4.78, 5) is 2.63. The molecule has 1 aliphatic heterocycles. The Labute approximate surface area is 109 Å². The van der Waals surface area contributed by atoms with E-state index in [0.717, 1.165) is 23.8 Å². The van der Waals surface area contributed by atoms with Gasteiger partial charge < -0.3 is 9.64 Å². The van der Waals surface area contributed by atoms with E-state index >= 15 is 0 Å². The molecule has 1 unspecified atom stereocenters. The topological polar surface area (TPSA) is 12.5 Å². The number of likely N-dealkylation sites (tertiary alicyclic amines) is 1. The van der Waals surface area contributed by atoms with E-state index in [1.807, 2.05) is 7.11 Å². The summed E-state index contributed by atoms with van der Waals surface area (Å²) in [6.07, 6.45) is 5.28. The van der Waals surface area contributed by atoms with Crippen molar-refractivity contribution in [3.8, 4) is 0 Å². The van der Waals surface area contributed by atoms with Crippen molar-refractivity contribution in [3.63, 3.8) is 0 Å². The minimum Gasteiger partial charge on any atom is -0.384 e. The molecular formula is C13H26BrNO. The smallest absolute Gasteiger partial charge is 0.0491 e. The van der Waals surface area contributed by atoms with Crippen LogP contribution in [-0.4, -0.2) is 43.6 Å². The van der Waals surface area contributed by atoms with Gasteiger partial charge in [-0.2, -0.15) is 0 Å². The summed E-state index contributed by atoms with van der Waals surface area (Å²) in [5, 5.41) is 1.15. The predicted molar refractivity (Wildman–Crippen MR) is 73.2 cm³/mol. The van der Waals surface area contributed by atoms with Crippen LogP contribution in [-0.2, 0) is 4.74 Å². The number of hydrogen-bond donors (Lipinski definition) is 0. The zero-order valence-electron chi connectivity index (χ0n) is 10.8. The summed E-state index contributed by atoms with van der Waals surface area (Å²) in [5.74, 6) is 1.64. The Morgan fingerprint density at radius 1 is 1.38 bits per heavy atom. The van der Waals surface area contributed by atoms with Crippen molar-refractivity contribution in [2.45, 2.75) is 32.6 Å². The summed E-state index contributed by atoms with van der Waals surface area (Å²) in [6, 6.07) is 0. The summed E-state index contributed by atoms with van der Waals surface area (Å²) in [5.41, 5.74) is 0. The molecule has 1 rings (SSSR count). The van der Waals surface area contributed by atoms with Crippen LogP contribution in [0.15, 0.2) is 0 Å². The molecule has 0 spiro atoms. The van der Waals surface area contributed by atoms with Crippen molar-refractivity contribution in [1.82, 2.24) is 4.90 Å². The minimum atomic E-state index is 0.801. The van der Waals surface area contributed by atoms with Crippen LogP contribution in [0.25, 0.3) is 0 Å². The van der Waals surface area contributed by atoms with Crippen molar-refractivity contribution in [1.29, 1.82) is 0 Å². The molecule has 96 valence electrons. The van der Waals surface area contributed by atoms with E-state index in [2.05, 4.69) is 27.8 Å². The molecule has 1 saturated heterocycles. The first-order chi connectivity index (χ1) is 7.80. The highest BCUT2D eigenvalue weighted by Gasteiger charge is 2.20. The molecule has 16 heavy (non-hydrogen) atoms. The van der Waals surface area contributed by atoms with Gasteiger partial charge in [-0.3, -0.25) is 0 Å². The molecule has 1 atom stereocenters. The molecule has 1 aliphatic rings. The van der Waals surface area contributed by atoms with E-state index in [-0.39, 0.29) is 0 Å². The SMILES string of the molecule is CCCC(CBr)CN1CCC(COC)CC1. The van der Waals surface area contributed by atoms with E-state index in [9.17, 15) is 0 Å². The fourth-order valence-corrected chi connectivity index (χ4v) is 3.09. The summed E-state index contributed by atoms with van der Waals surface area (Å²) in [7, 11) is 1.81. The first-order valence-corrected chi connectivity index (χ1v) is 7.69. The monoisotopic (exact) mass is 291 g/mol. The zero-order valence-corrected chi connectivity index (χ0v) is 12.3. The summed E-state index contributed by atoms with van der Waals surface area (Å²) in [6.45, 7) is 7.03. The van der Waals surface area contributed by atoms with Gasteiger partial charge in [0.1, 0.15) is 0 Å². The van der Waals surface area contributed by atoms with Crippen molar-refractivity contribution in [3.05, 3.63) is 0 Å².